The smallest absolute Gasteiger partial charge is 0.125 e. The number of hydrogen-bond acceptors (Lipinski definition) is 4. The third kappa shape index (κ3) is 2.54. The molecule has 2 heterocycles. The first-order valence-electron chi connectivity index (χ1n) is 6.64. The van der Waals surface area contributed by atoms with Crippen LogP contribution in [0.25, 0.3) is 0 Å². The Morgan fingerprint density at radius 2 is 2.25 bits per heavy atom. The first kappa shape index (κ1) is 13.5. The molecule has 1 unspecified atom stereocenters. The van der Waals surface area contributed by atoms with Crippen molar-refractivity contribution in [1.82, 2.24) is 5.43 Å². The summed E-state index contributed by atoms with van der Waals surface area (Å²) in [7, 11) is 0. The molecule has 0 bridgehead atoms. The third-order valence-corrected chi connectivity index (χ3v) is 3.77. The molecule has 1 aliphatic rings. The summed E-state index contributed by atoms with van der Waals surface area (Å²) in [5, 5.41) is 0.732. The van der Waals surface area contributed by atoms with Crippen LogP contribution in [0.3, 0.4) is 0 Å². The summed E-state index contributed by atoms with van der Waals surface area (Å²) >= 11 is 6.17. The van der Waals surface area contributed by atoms with Crippen molar-refractivity contribution < 1.29 is 9.15 Å². The molecule has 0 radical (unpaired) electrons. The lowest BCUT2D eigenvalue weighted by atomic mass is 10.0. The van der Waals surface area contributed by atoms with Gasteiger partial charge in [-0.2, -0.15) is 0 Å². The maximum Gasteiger partial charge on any atom is 0.125 e. The highest BCUT2D eigenvalue weighted by atomic mass is 35.5. The summed E-state index contributed by atoms with van der Waals surface area (Å²) < 4.78 is 11.4. The molecule has 1 aliphatic heterocycles. The molecule has 0 amide bonds. The van der Waals surface area contributed by atoms with Crippen LogP contribution in [0, 0.1) is 6.92 Å². The van der Waals surface area contributed by atoms with Gasteiger partial charge in [-0.1, -0.05) is 11.6 Å². The molecule has 0 saturated carbocycles. The second kappa shape index (κ2) is 5.48. The van der Waals surface area contributed by atoms with Gasteiger partial charge in [-0.05, 0) is 48.7 Å². The number of aryl methyl sites for hydroxylation is 1. The molecule has 0 saturated heterocycles. The molecule has 0 aliphatic carbocycles. The van der Waals surface area contributed by atoms with Crippen molar-refractivity contribution in [3.63, 3.8) is 0 Å². The molecule has 4 nitrogen and oxygen atoms in total. The molecular weight excluding hydrogens is 276 g/mol. The van der Waals surface area contributed by atoms with Crippen LogP contribution in [0.15, 0.2) is 28.7 Å². The van der Waals surface area contributed by atoms with Gasteiger partial charge in [0.25, 0.3) is 0 Å². The molecular formula is C15H17ClN2O2. The number of nitrogens with one attached hydrogen (secondary N) is 1. The Kier molecular flexibility index (Phi) is 3.70. The van der Waals surface area contributed by atoms with Crippen LogP contribution in [0.5, 0.6) is 5.75 Å². The van der Waals surface area contributed by atoms with Crippen molar-refractivity contribution >= 4 is 11.6 Å². The van der Waals surface area contributed by atoms with E-state index in [1.54, 1.807) is 0 Å². The zero-order chi connectivity index (χ0) is 14.1. The van der Waals surface area contributed by atoms with Crippen LogP contribution in [0.2, 0.25) is 5.02 Å². The number of benzene rings is 1. The Morgan fingerprint density at radius 1 is 1.40 bits per heavy atom. The molecule has 3 rings (SSSR count). The average molecular weight is 293 g/mol. The lowest BCUT2D eigenvalue weighted by Crippen LogP contribution is -2.29. The van der Waals surface area contributed by atoms with Gasteiger partial charge in [-0.15, -0.1) is 0 Å². The van der Waals surface area contributed by atoms with Crippen LogP contribution < -0.4 is 16.0 Å². The van der Waals surface area contributed by atoms with E-state index in [9.17, 15) is 0 Å². The fourth-order valence-corrected chi connectivity index (χ4v) is 2.86. The number of nitrogens with two attached hydrogens (primary N) is 1. The van der Waals surface area contributed by atoms with E-state index in [2.05, 4.69) is 5.43 Å². The summed E-state index contributed by atoms with van der Waals surface area (Å²) in [5.74, 6) is 8.29. The molecule has 1 atom stereocenters. The molecule has 106 valence electrons. The molecule has 0 spiro atoms. The molecule has 3 N–H and O–H groups in total. The van der Waals surface area contributed by atoms with Crippen LogP contribution in [0.4, 0.5) is 0 Å². The van der Waals surface area contributed by atoms with Crippen molar-refractivity contribution in [1.29, 1.82) is 0 Å². The number of fused-ring (bicyclic) bond motifs is 1. The first-order chi connectivity index (χ1) is 9.67. The Bertz CT molecular complexity index is 624. The van der Waals surface area contributed by atoms with E-state index < -0.39 is 0 Å². The monoisotopic (exact) mass is 292 g/mol. The second-order valence-corrected chi connectivity index (χ2v) is 5.46. The Labute approximate surface area is 122 Å². The van der Waals surface area contributed by atoms with Gasteiger partial charge in [0.15, 0.2) is 0 Å². The lowest BCUT2D eigenvalue weighted by Gasteiger charge is -2.16. The van der Waals surface area contributed by atoms with E-state index in [0.717, 1.165) is 34.3 Å². The maximum atomic E-state index is 6.17. The number of furan rings is 1. The molecule has 2 aromatic rings. The summed E-state index contributed by atoms with van der Waals surface area (Å²) in [6, 6.07) is 7.67. The van der Waals surface area contributed by atoms with Crippen molar-refractivity contribution in [3.05, 3.63) is 51.9 Å². The summed E-state index contributed by atoms with van der Waals surface area (Å²) in [6.07, 6.45) is 1.58. The van der Waals surface area contributed by atoms with Crippen molar-refractivity contribution in [2.75, 3.05) is 6.61 Å². The van der Waals surface area contributed by atoms with E-state index in [4.69, 9.17) is 26.6 Å². The summed E-state index contributed by atoms with van der Waals surface area (Å²) in [5.41, 5.74) is 5.02. The first-order valence-corrected chi connectivity index (χ1v) is 7.01. The van der Waals surface area contributed by atoms with Gasteiger partial charge in [0.05, 0.1) is 12.6 Å². The third-order valence-electron chi connectivity index (χ3n) is 3.56. The zero-order valence-corrected chi connectivity index (χ0v) is 12.0. The summed E-state index contributed by atoms with van der Waals surface area (Å²) in [6.45, 7) is 2.63. The van der Waals surface area contributed by atoms with Gasteiger partial charge in [0.1, 0.15) is 17.3 Å². The maximum absolute atomic E-state index is 6.17. The SMILES string of the molecule is Cc1ccc(C(Cc2cc(Cl)cc3c2OCC3)NN)o1. The Hall–Kier alpha value is -1.49. The van der Waals surface area contributed by atoms with Gasteiger partial charge in [0.2, 0.25) is 0 Å². The van der Waals surface area contributed by atoms with Crippen LogP contribution in [-0.2, 0) is 12.8 Å². The van der Waals surface area contributed by atoms with Crippen molar-refractivity contribution in [2.45, 2.75) is 25.8 Å². The highest BCUT2D eigenvalue weighted by Crippen LogP contribution is 2.35. The number of rotatable bonds is 4. The zero-order valence-electron chi connectivity index (χ0n) is 11.3. The Morgan fingerprint density at radius 3 is 2.95 bits per heavy atom. The molecule has 0 fully saturated rings. The second-order valence-electron chi connectivity index (χ2n) is 5.02. The topological polar surface area (TPSA) is 60.4 Å². The largest absolute Gasteiger partial charge is 0.493 e. The van der Waals surface area contributed by atoms with E-state index in [-0.39, 0.29) is 6.04 Å². The van der Waals surface area contributed by atoms with E-state index in [1.807, 2.05) is 31.2 Å². The minimum Gasteiger partial charge on any atom is -0.493 e. The normalized spacial score (nSPS) is 14.9. The predicted molar refractivity (Wildman–Crippen MR) is 77.9 cm³/mol. The van der Waals surface area contributed by atoms with Gasteiger partial charge in [0, 0.05) is 11.4 Å². The predicted octanol–water partition coefficient (Wildman–Crippen LogP) is 2.92. The van der Waals surface area contributed by atoms with Gasteiger partial charge < -0.3 is 9.15 Å². The fourth-order valence-electron chi connectivity index (χ4n) is 2.60. The molecule has 1 aromatic heterocycles. The van der Waals surface area contributed by atoms with Gasteiger partial charge in [-0.25, -0.2) is 5.43 Å². The number of halogens is 1. The molecule has 5 heteroatoms. The van der Waals surface area contributed by atoms with Gasteiger partial charge >= 0.3 is 0 Å². The highest BCUT2D eigenvalue weighted by molar-refractivity contribution is 6.30. The fraction of sp³-hybridized carbons (Fsp3) is 0.333. The molecule has 1 aromatic carbocycles. The van der Waals surface area contributed by atoms with E-state index in [1.165, 1.54) is 5.56 Å². The van der Waals surface area contributed by atoms with Crippen molar-refractivity contribution in [3.8, 4) is 5.75 Å². The van der Waals surface area contributed by atoms with E-state index in [0.29, 0.717) is 13.0 Å². The quantitative estimate of drug-likeness (QED) is 0.672. The van der Waals surface area contributed by atoms with Crippen LogP contribution in [-0.4, -0.2) is 6.61 Å². The minimum atomic E-state index is -0.101. The number of hydrazine groups is 1. The summed E-state index contributed by atoms with van der Waals surface area (Å²) in [4.78, 5) is 0. The number of hydrogen-bond donors (Lipinski definition) is 2. The Balaban J connectivity index is 1.90. The van der Waals surface area contributed by atoms with E-state index >= 15 is 0 Å². The standard InChI is InChI=1S/C15H17ClN2O2/c1-9-2-3-14(20-9)13(18-17)8-11-7-12(16)6-10-4-5-19-15(10)11/h2-3,6-7,13,18H,4-5,8,17H2,1H3. The molecule has 20 heavy (non-hydrogen) atoms. The van der Waals surface area contributed by atoms with Crippen LogP contribution in [0.1, 0.15) is 28.7 Å². The van der Waals surface area contributed by atoms with Crippen molar-refractivity contribution in [2.24, 2.45) is 5.84 Å². The van der Waals surface area contributed by atoms with Crippen LogP contribution >= 0.6 is 11.6 Å². The average Bonchev–Trinajstić information content (AvgIpc) is 3.04. The minimum absolute atomic E-state index is 0.101. The lowest BCUT2D eigenvalue weighted by molar-refractivity contribution is 0.348. The van der Waals surface area contributed by atoms with Gasteiger partial charge in [-0.3, -0.25) is 5.84 Å². The number of ether oxygens (including phenoxy) is 1. The highest BCUT2D eigenvalue weighted by Gasteiger charge is 2.22.